The summed E-state index contributed by atoms with van der Waals surface area (Å²) >= 11 is 0. The molecular formula is C16H15NO2. The number of nitrogens with two attached hydrogens (primary N) is 1. The third-order valence-corrected chi connectivity index (χ3v) is 3.42. The van der Waals surface area contributed by atoms with E-state index in [-0.39, 0.29) is 5.78 Å². The van der Waals surface area contributed by atoms with E-state index in [4.69, 9.17) is 10.5 Å². The van der Waals surface area contributed by atoms with E-state index in [1.807, 2.05) is 37.3 Å². The van der Waals surface area contributed by atoms with Crippen LogP contribution in [0.2, 0.25) is 0 Å². The predicted molar refractivity (Wildman–Crippen MR) is 74.7 cm³/mol. The summed E-state index contributed by atoms with van der Waals surface area (Å²) in [5.41, 5.74) is 10.1. The molecule has 0 aromatic heterocycles. The van der Waals surface area contributed by atoms with Crippen LogP contribution in [0.25, 0.3) is 0 Å². The molecule has 0 atom stereocenters. The fourth-order valence-electron chi connectivity index (χ4n) is 2.53. The van der Waals surface area contributed by atoms with Gasteiger partial charge in [-0.2, -0.15) is 0 Å². The standard InChI is InChI=1S/C16H15NO2/c1-2-19-15-9-13-11(8-14(15)17)7-10-5-3-4-6-12(10)16(13)18/h3-6,8-9H,2,7,17H2,1H3. The van der Waals surface area contributed by atoms with Gasteiger partial charge in [0.05, 0.1) is 12.3 Å². The van der Waals surface area contributed by atoms with E-state index in [1.54, 1.807) is 6.07 Å². The number of hydrogen-bond acceptors (Lipinski definition) is 3. The number of hydrogen-bond donors (Lipinski definition) is 1. The maximum Gasteiger partial charge on any atom is 0.193 e. The third-order valence-electron chi connectivity index (χ3n) is 3.42. The van der Waals surface area contributed by atoms with Gasteiger partial charge in [-0.1, -0.05) is 24.3 Å². The van der Waals surface area contributed by atoms with Crippen LogP contribution in [0.5, 0.6) is 5.75 Å². The minimum Gasteiger partial charge on any atom is -0.492 e. The van der Waals surface area contributed by atoms with Crippen LogP contribution in [-0.2, 0) is 6.42 Å². The summed E-state index contributed by atoms with van der Waals surface area (Å²) in [5.74, 6) is 0.645. The SMILES string of the molecule is CCOc1cc2c(cc1N)Cc1ccccc1C2=O. The summed E-state index contributed by atoms with van der Waals surface area (Å²) in [6, 6.07) is 11.3. The average Bonchev–Trinajstić information content (AvgIpc) is 2.41. The van der Waals surface area contributed by atoms with Gasteiger partial charge in [-0.15, -0.1) is 0 Å². The number of ketones is 1. The Bertz CT molecular complexity index is 662. The Morgan fingerprint density at radius 3 is 2.74 bits per heavy atom. The van der Waals surface area contributed by atoms with Crippen LogP contribution in [-0.4, -0.2) is 12.4 Å². The number of carbonyl (C=O) groups is 1. The molecule has 0 aliphatic heterocycles. The van der Waals surface area contributed by atoms with Crippen LogP contribution in [0.3, 0.4) is 0 Å². The van der Waals surface area contributed by atoms with E-state index in [9.17, 15) is 4.79 Å². The number of carbonyl (C=O) groups excluding carboxylic acids is 1. The van der Waals surface area contributed by atoms with Crippen molar-refractivity contribution in [3.05, 3.63) is 58.7 Å². The van der Waals surface area contributed by atoms with Gasteiger partial charge in [0.2, 0.25) is 0 Å². The van der Waals surface area contributed by atoms with Crippen LogP contribution in [0.1, 0.15) is 34.0 Å². The summed E-state index contributed by atoms with van der Waals surface area (Å²) in [4.78, 5) is 12.5. The zero-order valence-corrected chi connectivity index (χ0v) is 10.8. The molecule has 3 rings (SSSR count). The second-order valence-corrected chi connectivity index (χ2v) is 4.64. The quantitative estimate of drug-likeness (QED) is 0.714. The third kappa shape index (κ3) is 1.87. The maximum absolute atomic E-state index is 12.5. The van der Waals surface area contributed by atoms with Gasteiger partial charge >= 0.3 is 0 Å². The van der Waals surface area contributed by atoms with Crippen molar-refractivity contribution in [3.63, 3.8) is 0 Å². The van der Waals surface area contributed by atoms with Crippen molar-refractivity contribution in [2.75, 3.05) is 12.3 Å². The number of rotatable bonds is 2. The van der Waals surface area contributed by atoms with Crippen molar-refractivity contribution < 1.29 is 9.53 Å². The van der Waals surface area contributed by atoms with E-state index in [1.165, 1.54) is 0 Å². The molecule has 0 fully saturated rings. The summed E-state index contributed by atoms with van der Waals surface area (Å²) in [5, 5.41) is 0. The Balaban J connectivity index is 2.13. The first-order chi connectivity index (χ1) is 9.20. The van der Waals surface area contributed by atoms with Crippen LogP contribution < -0.4 is 10.5 Å². The first-order valence-corrected chi connectivity index (χ1v) is 6.38. The fraction of sp³-hybridized carbons (Fsp3) is 0.188. The van der Waals surface area contributed by atoms with Crippen molar-refractivity contribution in [1.82, 2.24) is 0 Å². The first-order valence-electron chi connectivity index (χ1n) is 6.38. The summed E-state index contributed by atoms with van der Waals surface area (Å²) in [6.45, 7) is 2.43. The Morgan fingerprint density at radius 1 is 1.16 bits per heavy atom. The molecule has 0 radical (unpaired) electrons. The maximum atomic E-state index is 12.5. The van der Waals surface area contributed by atoms with Crippen LogP contribution in [0, 0.1) is 0 Å². The normalized spacial score (nSPS) is 12.8. The Hall–Kier alpha value is -2.29. The van der Waals surface area contributed by atoms with E-state index in [0.717, 1.165) is 23.1 Å². The molecule has 2 aromatic rings. The molecule has 1 aliphatic carbocycles. The second kappa shape index (κ2) is 4.43. The second-order valence-electron chi connectivity index (χ2n) is 4.64. The van der Waals surface area contributed by atoms with Gasteiger partial charge in [0.1, 0.15) is 5.75 Å². The van der Waals surface area contributed by atoms with Crippen LogP contribution in [0.15, 0.2) is 36.4 Å². The molecular weight excluding hydrogens is 238 g/mol. The lowest BCUT2D eigenvalue weighted by Crippen LogP contribution is -2.15. The Kier molecular flexibility index (Phi) is 2.75. The topological polar surface area (TPSA) is 52.3 Å². The van der Waals surface area contributed by atoms with Gasteiger partial charge in [-0.05, 0) is 36.6 Å². The zero-order valence-electron chi connectivity index (χ0n) is 10.8. The molecule has 3 nitrogen and oxygen atoms in total. The monoisotopic (exact) mass is 253 g/mol. The zero-order chi connectivity index (χ0) is 13.4. The largest absolute Gasteiger partial charge is 0.492 e. The highest BCUT2D eigenvalue weighted by Crippen LogP contribution is 2.33. The molecule has 0 saturated carbocycles. The van der Waals surface area contributed by atoms with Crippen molar-refractivity contribution in [2.24, 2.45) is 0 Å². The number of ether oxygens (including phenoxy) is 1. The van der Waals surface area contributed by atoms with E-state index >= 15 is 0 Å². The van der Waals surface area contributed by atoms with Gasteiger partial charge < -0.3 is 10.5 Å². The lowest BCUT2D eigenvalue weighted by molar-refractivity contribution is 0.103. The van der Waals surface area contributed by atoms with E-state index in [0.29, 0.717) is 23.6 Å². The first kappa shape index (κ1) is 11.8. The molecule has 0 bridgehead atoms. The molecule has 2 N–H and O–H groups in total. The van der Waals surface area contributed by atoms with Gasteiger partial charge in [-0.25, -0.2) is 0 Å². The van der Waals surface area contributed by atoms with E-state index < -0.39 is 0 Å². The van der Waals surface area contributed by atoms with Crippen LogP contribution >= 0.6 is 0 Å². The van der Waals surface area contributed by atoms with Crippen molar-refractivity contribution in [2.45, 2.75) is 13.3 Å². The summed E-state index contributed by atoms with van der Waals surface area (Å²) in [7, 11) is 0. The number of anilines is 1. The molecule has 0 heterocycles. The fourth-order valence-corrected chi connectivity index (χ4v) is 2.53. The highest BCUT2D eigenvalue weighted by Gasteiger charge is 2.24. The Labute approximate surface area is 112 Å². The minimum absolute atomic E-state index is 0.0535. The summed E-state index contributed by atoms with van der Waals surface area (Å²) in [6.07, 6.45) is 0.744. The lowest BCUT2D eigenvalue weighted by atomic mass is 9.85. The van der Waals surface area contributed by atoms with E-state index in [2.05, 4.69) is 0 Å². The van der Waals surface area contributed by atoms with Crippen molar-refractivity contribution >= 4 is 11.5 Å². The smallest absolute Gasteiger partial charge is 0.193 e. The molecule has 2 aromatic carbocycles. The van der Waals surface area contributed by atoms with Gasteiger partial charge in [0.25, 0.3) is 0 Å². The lowest BCUT2D eigenvalue weighted by Gasteiger charge is -2.20. The van der Waals surface area contributed by atoms with Crippen molar-refractivity contribution in [1.29, 1.82) is 0 Å². The van der Waals surface area contributed by atoms with Crippen molar-refractivity contribution in [3.8, 4) is 5.75 Å². The van der Waals surface area contributed by atoms with Gasteiger partial charge in [0.15, 0.2) is 5.78 Å². The molecule has 96 valence electrons. The molecule has 0 spiro atoms. The molecule has 1 aliphatic rings. The minimum atomic E-state index is 0.0535. The molecule has 0 saturated heterocycles. The summed E-state index contributed by atoms with van der Waals surface area (Å²) < 4.78 is 5.46. The molecule has 0 unspecified atom stereocenters. The molecule has 19 heavy (non-hydrogen) atoms. The van der Waals surface area contributed by atoms with Gasteiger partial charge in [0, 0.05) is 11.1 Å². The van der Waals surface area contributed by atoms with Crippen LogP contribution in [0.4, 0.5) is 5.69 Å². The highest BCUT2D eigenvalue weighted by molar-refractivity contribution is 6.12. The molecule has 3 heteroatoms. The number of nitrogen functional groups attached to an aromatic ring is 1. The van der Waals surface area contributed by atoms with Gasteiger partial charge in [-0.3, -0.25) is 4.79 Å². The Morgan fingerprint density at radius 2 is 1.95 bits per heavy atom. The highest BCUT2D eigenvalue weighted by atomic mass is 16.5. The average molecular weight is 253 g/mol. The number of fused-ring (bicyclic) bond motifs is 2. The molecule has 0 amide bonds. The predicted octanol–water partition coefficient (Wildman–Crippen LogP) is 2.80. The number of benzene rings is 2.